The normalized spacial score (nSPS) is 14.9. The van der Waals surface area contributed by atoms with Crippen molar-refractivity contribution in [3.63, 3.8) is 0 Å². The SMILES string of the molecule is Cn1cc(-c2cc(N3CCOCC3)c3c(c2Nc2nc(Nc4ccc5nccnc5c4P(C)(C)=O)c4cc[nH]c4n2)OCCO3)cn1. The Balaban J connectivity index is 1.26. The van der Waals surface area contributed by atoms with Crippen LogP contribution >= 0.6 is 7.14 Å². The van der Waals surface area contributed by atoms with E-state index in [0.717, 1.165) is 35.3 Å². The lowest BCUT2D eigenvalue weighted by Crippen LogP contribution is -2.37. The van der Waals surface area contributed by atoms with Crippen LogP contribution in [0, 0.1) is 0 Å². The number of nitrogens with one attached hydrogen (secondary N) is 3. The van der Waals surface area contributed by atoms with Crippen molar-refractivity contribution in [2.24, 2.45) is 7.05 Å². The molecule has 0 saturated carbocycles. The van der Waals surface area contributed by atoms with Gasteiger partial charge in [-0.15, -0.1) is 0 Å². The Morgan fingerprint density at radius 3 is 2.55 bits per heavy atom. The first-order chi connectivity index (χ1) is 22.8. The van der Waals surface area contributed by atoms with Gasteiger partial charge >= 0.3 is 0 Å². The summed E-state index contributed by atoms with van der Waals surface area (Å²) in [4.78, 5) is 24.2. The van der Waals surface area contributed by atoms with Gasteiger partial charge in [-0.2, -0.15) is 15.1 Å². The maximum atomic E-state index is 13.6. The van der Waals surface area contributed by atoms with Crippen LogP contribution in [0.4, 0.5) is 28.8 Å². The number of hydrogen-bond acceptors (Lipinski definition) is 12. The Morgan fingerprint density at radius 1 is 0.957 bits per heavy atom. The van der Waals surface area contributed by atoms with Gasteiger partial charge in [-0.3, -0.25) is 14.6 Å². The summed E-state index contributed by atoms with van der Waals surface area (Å²) in [6, 6.07) is 7.73. The predicted molar refractivity (Wildman–Crippen MR) is 182 cm³/mol. The average Bonchev–Trinajstić information content (AvgIpc) is 3.74. The Labute approximate surface area is 269 Å². The zero-order valence-electron chi connectivity index (χ0n) is 26.1. The lowest BCUT2D eigenvalue weighted by molar-refractivity contribution is 0.121. The summed E-state index contributed by atoms with van der Waals surface area (Å²) in [7, 11) is -0.916. The van der Waals surface area contributed by atoms with Gasteiger partial charge in [0.15, 0.2) is 11.5 Å². The standard InChI is InChI=1S/C32H33N10O4P/c1-41-18-19(17-36-41)21-16-24(42-10-12-44-13-11-42)27-28(46-15-14-45-27)25(21)38-32-39-30-20(6-7-35-30)31(40-32)37-23-5-4-22-26(34-9-8-33-22)29(23)47(2,3)43/h4-9,16-18H,10-15H2,1-3H3,(H3,35,37,38,39,40). The molecule has 1 saturated heterocycles. The van der Waals surface area contributed by atoms with Gasteiger partial charge in [-0.1, -0.05) is 0 Å². The van der Waals surface area contributed by atoms with Crippen LogP contribution in [0.5, 0.6) is 11.5 Å². The lowest BCUT2D eigenvalue weighted by atomic mass is 10.0. The minimum atomic E-state index is -2.80. The van der Waals surface area contributed by atoms with Crippen molar-refractivity contribution < 1.29 is 18.8 Å². The van der Waals surface area contributed by atoms with Crippen LogP contribution in [-0.2, 0) is 16.3 Å². The third-order valence-corrected chi connectivity index (χ3v) is 9.75. The molecule has 0 atom stereocenters. The van der Waals surface area contributed by atoms with Crippen LogP contribution in [0.3, 0.4) is 0 Å². The lowest BCUT2D eigenvalue weighted by Gasteiger charge is -2.33. The number of anilines is 5. The molecule has 0 bridgehead atoms. The van der Waals surface area contributed by atoms with Crippen LogP contribution in [0.15, 0.2) is 55.2 Å². The van der Waals surface area contributed by atoms with E-state index in [9.17, 15) is 4.57 Å². The number of aromatic amines is 1. The molecule has 2 aliphatic rings. The van der Waals surface area contributed by atoms with E-state index in [1.54, 1.807) is 30.4 Å². The Kier molecular flexibility index (Phi) is 7.18. The molecular formula is C32H33N10O4P. The number of aromatic nitrogens is 7. The molecule has 1 fully saturated rings. The van der Waals surface area contributed by atoms with E-state index in [1.807, 2.05) is 43.8 Å². The molecule has 0 unspecified atom stereocenters. The number of hydrogen-bond donors (Lipinski definition) is 3. The fraction of sp³-hybridized carbons (Fsp3) is 0.281. The molecule has 0 amide bonds. The molecule has 6 heterocycles. The molecule has 6 aromatic rings. The molecule has 0 radical (unpaired) electrons. The number of nitrogens with zero attached hydrogens (tertiary/aromatic N) is 7. The maximum absolute atomic E-state index is 13.6. The molecule has 15 heteroatoms. The first-order valence-electron chi connectivity index (χ1n) is 15.3. The average molecular weight is 653 g/mol. The van der Waals surface area contributed by atoms with E-state index in [0.29, 0.717) is 83.1 Å². The fourth-order valence-electron chi connectivity index (χ4n) is 6.14. The van der Waals surface area contributed by atoms with E-state index in [4.69, 9.17) is 24.2 Å². The molecule has 0 aliphatic carbocycles. The topological polar surface area (TPSA) is 157 Å². The third-order valence-electron chi connectivity index (χ3n) is 8.22. The zero-order valence-corrected chi connectivity index (χ0v) is 27.0. The summed E-state index contributed by atoms with van der Waals surface area (Å²) in [5.74, 6) is 2.09. The molecular weight excluding hydrogens is 619 g/mol. The van der Waals surface area contributed by atoms with Crippen molar-refractivity contribution in [2.45, 2.75) is 0 Å². The van der Waals surface area contributed by atoms with Crippen molar-refractivity contribution >= 4 is 63.3 Å². The Hall–Kier alpha value is -5.20. The molecule has 0 spiro atoms. The van der Waals surface area contributed by atoms with Crippen LogP contribution in [-0.4, -0.2) is 87.5 Å². The number of rotatable bonds is 7. The van der Waals surface area contributed by atoms with Crippen molar-refractivity contribution in [3.8, 4) is 22.6 Å². The smallest absolute Gasteiger partial charge is 0.231 e. The summed E-state index contributed by atoms with van der Waals surface area (Å²) in [5.41, 5.74) is 5.87. The van der Waals surface area contributed by atoms with Gasteiger partial charge < -0.3 is 39.3 Å². The van der Waals surface area contributed by atoms with Gasteiger partial charge in [-0.05, 0) is 37.6 Å². The van der Waals surface area contributed by atoms with E-state index >= 15 is 0 Å². The van der Waals surface area contributed by atoms with Crippen LogP contribution in [0.2, 0.25) is 0 Å². The molecule has 2 aromatic carbocycles. The third kappa shape index (κ3) is 5.38. The van der Waals surface area contributed by atoms with E-state index < -0.39 is 7.14 Å². The predicted octanol–water partition coefficient (Wildman–Crippen LogP) is 4.64. The summed E-state index contributed by atoms with van der Waals surface area (Å²) < 4.78 is 33.6. The highest BCUT2D eigenvalue weighted by Gasteiger charge is 2.29. The summed E-state index contributed by atoms with van der Waals surface area (Å²) in [5, 5.41) is 12.7. The van der Waals surface area contributed by atoms with Gasteiger partial charge in [0.2, 0.25) is 5.95 Å². The highest BCUT2D eigenvalue weighted by atomic mass is 31.2. The molecule has 47 heavy (non-hydrogen) atoms. The van der Waals surface area contributed by atoms with Gasteiger partial charge in [0.25, 0.3) is 0 Å². The summed E-state index contributed by atoms with van der Waals surface area (Å²) >= 11 is 0. The van der Waals surface area contributed by atoms with Crippen LogP contribution in [0.25, 0.3) is 33.2 Å². The molecule has 8 rings (SSSR count). The highest BCUT2D eigenvalue weighted by molar-refractivity contribution is 7.71. The Morgan fingerprint density at radius 2 is 1.77 bits per heavy atom. The molecule has 3 N–H and O–H groups in total. The fourth-order valence-corrected chi connectivity index (χ4v) is 7.54. The molecule has 2 aliphatic heterocycles. The Bertz CT molecular complexity index is 2190. The van der Waals surface area contributed by atoms with Crippen molar-refractivity contribution in [1.82, 2.24) is 34.7 Å². The zero-order chi connectivity index (χ0) is 32.1. The second-order valence-corrected chi connectivity index (χ2v) is 14.9. The van der Waals surface area contributed by atoms with Crippen molar-refractivity contribution in [1.29, 1.82) is 0 Å². The quantitative estimate of drug-likeness (QED) is 0.206. The first-order valence-corrected chi connectivity index (χ1v) is 17.9. The number of fused-ring (bicyclic) bond motifs is 3. The van der Waals surface area contributed by atoms with Crippen molar-refractivity contribution in [3.05, 3.63) is 55.2 Å². The van der Waals surface area contributed by atoms with E-state index in [-0.39, 0.29) is 0 Å². The van der Waals surface area contributed by atoms with Gasteiger partial charge in [-0.25, -0.2) is 0 Å². The van der Waals surface area contributed by atoms with Gasteiger partial charge in [0.05, 0.1) is 52.7 Å². The van der Waals surface area contributed by atoms with Gasteiger partial charge in [0, 0.05) is 56.1 Å². The monoisotopic (exact) mass is 652 g/mol. The van der Waals surface area contributed by atoms with Crippen LogP contribution in [0.1, 0.15) is 0 Å². The number of benzene rings is 2. The van der Waals surface area contributed by atoms with Crippen molar-refractivity contribution in [2.75, 3.05) is 68.4 Å². The number of aryl methyl sites for hydroxylation is 1. The second-order valence-electron chi connectivity index (χ2n) is 11.8. The largest absolute Gasteiger partial charge is 0.484 e. The van der Waals surface area contributed by atoms with E-state index in [1.165, 1.54) is 0 Å². The number of H-pyrrole nitrogens is 1. The van der Waals surface area contributed by atoms with Gasteiger partial charge in [0.1, 0.15) is 37.3 Å². The highest BCUT2D eigenvalue weighted by Crippen LogP contribution is 2.51. The maximum Gasteiger partial charge on any atom is 0.231 e. The van der Waals surface area contributed by atoms with Crippen LogP contribution < -0.4 is 30.3 Å². The first kappa shape index (κ1) is 29.2. The summed E-state index contributed by atoms with van der Waals surface area (Å²) in [6.07, 6.45) is 8.82. The molecule has 14 nitrogen and oxygen atoms in total. The minimum absolute atomic E-state index is 0.321. The second kappa shape index (κ2) is 11.6. The molecule has 240 valence electrons. The summed E-state index contributed by atoms with van der Waals surface area (Å²) in [6.45, 7) is 7.03. The van der Waals surface area contributed by atoms with E-state index in [2.05, 4.69) is 41.7 Å². The number of morpholine rings is 1. The molecule has 4 aromatic heterocycles. The minimum Gasteiger partial charge on any atom is -0.484 e. The number of ether oxygens (including phenoxy) is 3.